The van der Waals surface area contributed by atoms with Gasteiger partial charge in [0.15, 0.2) is 0 Å². The standard InChI is InChI=1S/C15H17BrClNO/c16-13-5-12(6-14(17)7-13)15(19)18(8-10-1-2-10)9-11-3-4-11/h5-7,10-11H,1-4,8-9H2. The third-order valence-corrected chi connectivity index (χ3v) is 4.42. The summed E-state index contributed by atoms with van der Waals surface area (Å²) in [5.74, 6) is 1.58. The molecule has 1 amide bonds. The summed E-state index contributed by atoms with van der Waals surface area (Å²) in [7, 11) is 0. The van der Waals surface area contributed by atoms with Gasteiger partial charge in [0, 0.05) is 28.1 Å². The van der Waals surface area contributed by atoms with Crippen LogP contribution in [0.2, 0.25) is 5.02 Å². The van der Waals surface area contributed by atoms with Crippen LogP contribution in [0.4, 0.5) is 0 Å². The van der Waals surface area contributed by atoms with Gasteiger partial charge >= 0.3 is 0 Å². The van der Waals surface area contributed by atoms with Crippen molar-refractivity contribution in [1.82, 2.24) is 4.90 Å². The Bertz CT molecular complexity index is 463. The minimum absolute atomic E-state index is 0.127. The van der Waals surface area contributed by atoms with E-state index in [2.05, 4.69) is 15.9 Å². The molecule has 102 valence electrons. The molecular formula is C15H17BrClNO. The van der Waals surface area contributed by atoms with Crippen molar-refractivity contribution in [2.75, 3.05) is 13.1 Å². The van der Waals surface area contributed by atoms with E-state index in [9.17, 15) is 4.79 Å². The smallest absolute Gasteiger partial charge is 0.253 e. The predicted molar refractivity (Wildman–Crippen MR) is 80.5 cm³/mol. The van der Waals surface area contributed by atoms with Gasteiger partial charge in [-0.05, 0) is 55.7 Å². The van der Waals surface area contributed by atoms with Crippen LogP contribution in [0.5, 0.6) is 0 Å². The second-order valence-corrected chi connectivity index (χ2v) is 7.11. The van der Waals surface area contributed by atoms with Crippen LogP contribution in [0.25, 0.3) is 0 Å². The van der Waals surface area contributed by atoms with Crippen LogP contribution in [-0.4, -0.2) is 23.9 Å². The van der Waals surface area contributed by atoms with Crippen LogP contribution in [-0.2, 0) is 0 Å². The highest BCUT2D eigenvalue weighted by Crippen LogP contribution is 2.34. The lowest BCUT2D eigenvalue weighted by Gasteiger charge is -2.23. The lowest BCUT2D eigenvalue weighted by atomic mass is 10.2. The van der Waals surface area contributed by atoms with Gasteiger partial charge in [0.25, 0.3) is 5.91 Å². The molecule has 0 atom stereocenters. The lowest BCUT2D eigenvalue weighted by Crippen LogP contribution is -2.34. The molecule has 2 aliphatic rings. The summed E-state index contributed by atoms with van der Waals surface area (Å²) in [5.41, 5.74) is 0.695. The Labute approximate surface area is 127 Å². The van der Waals surface area contributed by atoms with Crippen molar-refractivity contribution in [1.29, 1.82) is 0 Å². The number of rotatable bonds is 5. The molecule has 2 fully saturated rings. The maximum atomic E-state index is 12.6. The van der Waals surface area contributed by atoms with Gasteiger partial charge in [0.2, 0.25) is 0 Å². The maximum Gasteiger partial charge on any atom is 0.253 e. The number of nitrogens with zero attached hydrogens (tertiary/aromatic N) is 1. The van der Waals surface area contributed by atoms with E-state index >= 15 is 0 Å². The van der Waals surface area contributed by atoms with Gasteiger partial charge in [-0.15, -0.1) is 0 Å². The Kier molecular flexibility index (Phi) is 3.86. The number of hydrogen-bond acceptors (Lipinski definition) is 1. The van der Waals surface area contributed by atoms with E-state index in [1.54, 1.807) is 6.07 Å². The Morgan fingerprint density at radius 3 is 2.21 bits per heavy atom. The van der Waals surface area contributed by atoms with E-state index in [4.69, 9.17) is 11.6 Å². The summed E-state index contributed by atoms with van der Waals surface area (Å²) in [6.45, 7) is 1.83. The molecule has 19 heavy (non-hydrogen) atoms. The lowest BCUT2D eigenvalue weighted by molar-refractivity contribution is 0.0739. The number of hydrogen-bond donors (Lipinski definition) is 0. The number of carbonyl (C=O) groups excluding carboxylic acids is 1. The highest BCUT2D eigenvalue weighted by atomic mass is 79.9. The molecule has 1 aromatic carbocycles. The van der Waals surface area contributed by atoms with Gasteiger partial charge < -0.3 is 4.90 Å². The number of amides is 1. The summed E-state index contributed by atoms with van der Waals surface area (Å²) in [5, 5.41) is 0.607. The molecule has 0 spiro atoms. The molecule has 0 unspecified atom stereocenters. The molecular weight excluding hydrogens is 326 g/mol. The van der Waals surface area contributed by atoms with E-state index < -0.39 is 0 Å². The Hall–Kier alpha value is -0.540. The first-order valence-electron chi connectivity index (χ1n) is 6.87. The van der Waals surface area contributed by atoms with E-state index in [1.807, 2.05) is 17.0 Å². The topological polar surface area (TPSA) is 20.3 Å². The third-order valence-electron chi connectivity index (χ3n) is 3.75. The highest BCUT2D eigenvalue weighted by Gasteiger charge is 2.31. The quantitative estimate of drug-likeness (QED) is 0.778. The van der Waals surface area contributed by atoms with Crippen LogP contribution in [0, 0.1) is 11.8 Å². The first-order valence-corrected chi connectivity index (χ1v) is 8.04. The van der Waals surface area contributed by atoms with E-state index in [1.165, 1.54) is 25.7 Å². The molecule has 0 N–H and O–H groups in total. The second kappa shape index (κ2) is 5.45. The number of carbonyl (C=O) groups is 1. The zero-order valence-electron chi connectivity index (χ0n) is 10.7. The second-order valence-electron chi connectivity index (χ2n) is 5.76. The molecule has 3 rings (SSSR count). The molecule has 2 saturated carbocycles. The summed E-state index contributed by atoms with van der Waals surface area (Å²) in [4.78, 5) is 14.7. The Morgan fingerprint density at radius 1 is 1.16 bits per heavy atom. The molecule has 4 heteroatoms. The number of benzene rings is 1. The average molecular weight is 343 g/mol. The molecule has 0 heterocycles. The molecule has 2 aliphatic carbocycles. The first kappa shape index (κ1) is 13.4. The monoisotopic (exact) mass is 341 g/mol. The fraction of sp³-hybridized carbons (Fsp3) is 0.533. The average Bonchev–Trinajstić information content (AvgIpc) is 3.20. The van der Waals surface area contributed by atoms with Gasteiger partial charge in [0.05, 0.1) is 0 Å². The molecule has 1 aromatic rings. The van der Waals surface area contributed by atoms with Crippen molar-refractivity contribution in [3.63, 3.8) is 0 Å². The van der Waals surface area contributed by atoms with Crippen molar-refractivity contribution in [2.45, 2.75) is 25.7 Å². The Morgan fingerprint density at radius 2 is 1.74 bits per heavy atom. The molecule has 0 aliphatic heterocycles. The highest BCUT2D eigenvalue weighted by molar-refractivity contribution is 9.10. The fourth-order valence-corrected chi connectivity index (χ4v) is 3.18. The molecule has 0 saturated heterocycles. The predicted octanol–water partition coefficient (Wildman–Crippen LogP) is 4.36. The van der Waals surface area contributed by atoms with Crippen LogP contribution in [0.1, 0.15) is 36.0 Å². The van der Waals surface area contributed by atoms with Gasteiger partial charge in [-0.25, -0.2) is 0 Å². The first-order chi connectivity index (χ1) is 9.11. The third kappa shape index (κ3) is 3.73. The van der Waals surface area contributed by atoms with Gasteiger partial charge in [-0.1, -0.05) is 27.5 Å². The van der Waals surface area contributed by atoms with Crippen LogP contribution >= 0.6 is 27.5 Å². The van der Waals surface area contributed by atoms with E-state index in [0.717, 1.165) is 29.4 Å². The van der Waals surface area contributed by atoms with E-state index in [0.29, 0.717) is 10.6 Å². The van der Waals surface area contributed by atoms with Gasteiger partial charge in [-0.3, -0.25) is 4.79 Å². The van der Waals surface area contributed by atoms with Gasteiger partial charge in [-0.2, -0.15) is 0 Å². The van der Waals surface area contributed by atoms with Crippen LogP contribution in [0.15, 0.2) is 22.7 Å². The maximum absolute atomic E-state index is 12.6. The fourth-order valence-electron chi connectivity index (χ4n) is 2.32. The molecule has 0 bridgehead atoms. The minimum Gasteiger partial charge on any atom is -0.338 e. The largest absolute Gasteiger partial charge is 0.338 e. The summed E-state index contributed by atoms with van der Waals surface area (Å²) >= 11 is 9.44. The SMILES string of the molecule is O=C(c1cc(Cl)cc(Br)c1)N(CC1CC1)CC1CC1. The van der Waals surface area contributed by atoms with Crippen molar-refractivity contribution in [3.05, 3.63) is 33.3 Å². The zero-order valence-corrected chi connectivity index (χ0v) is 13.1. The summed E-state index contributed by atoms with van der Waals surface area (Å²) < 4.78 is 0.862. The summed E-state index contributed by atoms with van der Waals surface area (Å²) in [6, 6.07) is 5.44. The minimum atomic E-state index is 0.127. The molecule has 2 nitrogen and oxygen atoms in total. The molecule has 0 aromatic heterocycles. The zero-order chi connectivity index (χ0) is 13.4. The van der Waals surface area contributed by atoms with Crippen molar-refractivity contribution in [3.8, 4) is 0 Å². The van der Waals surface area contributed by atoms with Crippen molar-refractivity contribution < 1.29 is 4.79 Å². The Balaban J connectivity index is 1.76. The normalized spacial score (nSPS) is 18.4. The number of halogens is 2. The van der Waals surface area contributed by atoms with Crippen molar-refractivity contribution in [2.24, 2.45) is 11.8 Å². The van der Waals surface area contributed by atoms with Crippen LogP contribution < -0.4 is 0 Å². The van der Waals surface area contributed by atoms with Gasteiger partial charge in [0.1, 0.15) is 0 Å². The van der Waals surface area contributed by atoms with Crippen LogP contribution in [0.3, 0.4) is 0 Å². The van der Waals surface area contributed by atoms with Crippen molar-refractivity contribution >= 4 is 33.4 Å². The van der Waals surface area contributed by atoms with E-state index in [-0.39, 0.29) is 5.91 Å². The summed E-state index contributed by atoms with van der Waals surface area (Å²) in [6.07, 6.45) is 5.09. The molecule has 0 radical (unpaired) electrons.